The largest absolute Gasteiger partial charge is 0.394 e. The predicted molar refractivity (Wildman–Crippen MR) is 163 cm³/mol. The van der Waals surface area contributed by atoms with Gasteiger partial charge in [0.1, 0.15) is 24.4 Å². The van der Waals surface area contributed by atoms with E-state index < -0.39 is 37.3 Å². The van der Waals surface area contributed by atoms with Gasteiger partial charge in [-0.1, -0.05) is 53.7 Å². The molecule has 0 radical (unpaired) electrons. The van der Waals surface area contributed by atoms with Gasteiger partial charge in [-0.2, -0.15) is 0 Å². The second kappa shape index (κ2) is 10.3. The Morgan fingerprint density at radius 1 is 0.786 bits per heavy atom. The minimum atomic E-state index is -1.41. The van der Waals surface area contributed by atoms with Gasteiger partial charge >= 0.3 is 0 Å². The molecule has 1 saturated heterocycles. The van der Waals surface area contributed by atoms with Gasteiger partial charge in [0.2, 0.25) is 0 Å². The van der Waals surface area contributed by atoms with Crippen molar-refractivity contribution in [2.45, 2.75) is 149 Å². The molecule has 0 aromatic rings. The molecule has 0 spiro atoms. The van der Waals surface area contributed by atoms with E-state index in [4.69, 9.17) is 9.47 Å². The van der Waals surface area contributed by atoms with E-state index >= 15 is 0 Å². The van der Waals surface area contributed by atoms with Crippen molar-refractivity contribution < 1.29 is 29.9 Å². The molecule has 6 rings (SSSR count). The molecule has 6 nitrogen and oxygen atoms in total. The van der Waals surface area contributed by atoms with E-state index in [-0.39, 0.29) is 16.9 Å². The minimum absolute atomic E-state index is 0.140. The molecule has 240 valence electrons. The number of aliphatic hydroxyl groups is 4. The van der Waals surface area contributed by atoms with Gasteiger partial charge in [0.05, 0.1) is 12.7 Å². The van der Waals surface area contributed by atoms with Crippen LogP contribution in [0, 0.1) is 56.7 Å². The average molecular weight is 589 g/mol. The van der Waals surface area contributed by atoms with Crippen LogP contribution < -0.4 is 0 Å². The molecule has 0 aromatic carbocycles. The fourth-order valence-electron chi connectivity index (χ4n) is 13.1. The number of ether oxygens (including phenoxy) is 2. The van der Waals surface area contributed by atoms with Crippen LogP contribution in [0.2, 0.25) is 0 Å². The summed E-state index contributed by atoms with van der Waals surface area (Å²) in [7, 11) is 0. The summed E-state index contributed by atoms with van der Waals surface area (Å²) in [4.78, 5) is 0. The van der Waals surface area contributed by atoms with Gasteiger partial charge < -0.3 is 29.9 Å². The lowest BCUT2D eigenvalue weighted by Gasteiger charge is -2.73. The third-order valence-corrected chi connectivity index (χ3v) is 15.6. The van der Waals surface area contributed by atoms with Crippen molar-refractivity contribution in [2.75, 3.05) is 6.61 Å². The van der Waals surface area contributed by atoms with Crippen molar-refractivity contribution in [3.05, 3.63) is 12.2 Å². The summed E-state index contributed by atoms with van der Waals surface area (Å²) < 4.78 is 12.3. The first-order valence-corrected chi connectivity index (χ1v) is 17.2. The van der Waals surface area contributed by atoms with E-state index in [9.17, 15) is 20.4 Å². The van der Waals surface area contributed by atoms with E-state index in [1.807, 2.05) is 0 Å². The standard InChI is InChI=1S/C36H60O6/c1-20(2)21-11-14-33(5)17-18-35(7)22(27(21)33)9-10-25-34(6)15-13-26(32(3,4)24(34)12-16-36(25,35)8)42-31-30(40)29(39)28(38)23(19-37)41-31/h21-31,37-40H,1,9-19H2,2-8H3/t21-,22+,23+,24-,25+,26-,27+,28+,29-,30-,31+,33+,34-,35+,36+/m0/s1. The van der Waals surface area contributed by atoms with Gasteiger partial charge in [0, 0.05) is 0 Å². The van der Waals surface area contributed by atoms with Crippen LogP contribution in [0.25, 0.3) is 0 Å². The van der Waals surface area contributed by atoms with Gasteiger partial charge in [-0.15, -0.1) is 0 Å². The summed E-state index contributed by atoms with van der Waals surface area (Å²) in [6.07, 6.45) is 6.16. The topological polar surface area (TPSA) is 99.4 Å². The van der Waals surface area contributed by atoms with Crippen LogP contribution in [0.4, 0.5) is 0 Å². The summed E-state index contributed by atoms with van der Waals surface area (Å²) in [6.45, 7) is 21.6. The highest BCUT2D eigenvalue weighted by Crippen LogP contribution is 2.77. The van der Waals surface area contributed by atoms with Crippen molar-refractivity contribution >= 4 is 0 Å². The predicted octanol–water partition coefficient (Wildman–Crippen LogP) is 5.85. The zero-order valence-corrected chi connectivity index (χ0v) is 27.4. The Labute approximate surface area is 254 Å². The highest BCUT2D eigenvalue weighted by molar-refractivity contribution is 5.21. The molecule has 6 heteroatoms. The van der Waals surface area contributed by atoms with E-state index in [1.54, 1.807) is 0 Å². The molecule has 42 heavy (non-hydrogen) atoms. The monoisotopic (exact) mass is 588 g/mol. The average Bonchev–Trinajstić information content (AvgIpc) is 3.28. The fourth-order valence-corrected chi connectivity index (χ4v) is 13.1. The van der Waals surface area contributed by atoms with Gasteiger partial charge in [-0.3, -0.25) is 0 Å². The maximum Gasteiger partial charge on any atom is 0.186 e. The highest BCUT2D eigenvalue weighted by atomic mass is 16.7. The Hall–Kier alpha value is -0.500. The van der Waals surface area contributed by atoms with E-state index in [0.717, 1.165) is 24.7 Å². The maximum absolute atomic E-state index is 10.7. The Balaban J connectivity index is 1.25. The number of allylic oxidation sites excluding steroid dienone is 1. The molecule has 0 amide bonds. The smallest absolute Gasteiger partial charge is 0.186 e. The molecule has 1 aliphatic heterocycles. The Morgan fingerprint density at radius 3 is 2.17 bits per heavy atom. The van der Waals surface area contributed by atoms with Crippen LogP contribution in [-0.4, -0.2) is 63.8 Å². The molecule has 0 unspecified atom stereocenters. The van der Waals surface area contributed by atoms with E-state index in [2.05, 4.69) is 55.0 Å². The zero-order chi connectivity index (χ0) is 30.6. The number of rotatable bonds is 4. The molecule has 5 aliphatic carbocycles. The quantitative estimate of drug-likeness (QED) is 0.243. The number of hydrogen-bond donors (Lipinski definition) is 4. The second-order valence-electron chi connectivity index (χ2n) is 17.5. The van der Waals surface area contributed by atoms with Crippen molar-refractivity contribution in [2.24, 2.45) is 56.7 Å². The van der Waals surface area contributed by atoms with Crippen LogP contribution in [0.3, 0.4) is 0 Å². The summed E-state index contributed by atoms with van der Waals surface area (Å²) in [6, 6.07) is 0. The van der Waals surface area contributed by atoms with Gasteiger partial charge in [0.25, 0.3) is 0 Å². The second-order valence-corrected chi connectivity index (χ2v) is 17.5. The Kier molecular flexibility index (Phi) is 7.69. The number of hydrogen-bond acceptors (Lipinski definition) is 6. The lowest BCUT2D eigenvalue weighted by molar-refractivity contribution is -0.331. The third kappa shape index (κ3) is 4.17. The van der Waals surface area contributed by atoms with Crippen LogP contribution in [-0.2, 0) is 9.47 Å². The number of aliphatic hydroxyl groups excluding tert-OH is 4. The van der Waals surface area contributed by atoms with Crippen molar-refractivity contribution in [3.63, 3.8) is 0 Å². The lowest BCUT2D eigenvalue weighted by atomic mass is 9.32. The maximum atomic E-state index is 10.7. The van der Waals surface area contributed by atoms with Crippen LogP contribution in [0.15, 0.2) is 12.2 Å². The highest BCUT2D eigenvalue weighted by Gasteiger charge is 2.70. The molecule has 6 fully saturated rings. The van der Waals surface area contributed by atoms with Gasteiger partial charge in [-0.05, 0) is 128 Å². The minimum Gasteiger partial charge on any atom is -0.394 e. The SMILES string of the molecule is C=C(C)[C@@H]1CC[C@]2(C)CC[C@]3(C)[C@H](CC[C@@H]4[C@@]5(C)CC[C@H](O[C@H]6O[C@H](CO)[C@@H](O)[C@H](O)[C@@H]6O)C(C)(C)[C@@H]5CC[C@]43C)[C@@H]12. The lowest BCUT2D eigenvalue weighted by Crippen LogP contribution is -2.67. The normalized spacial score (nSPS) is 57.0. The molecule has 1 heterocycles. The van der Waals surface area contributed by atoms with Crippen molar-refractivity contribution in [1.82, 2.24) is 0 Å². The van der Waals surface area contributed by atoms with E-state index in [1.165, 1.54) is 56.9 Å². The van der Waals surface area contributed by atoms with Crippen LogP contribution in [0.1, 0.15) is 113 Å². The molecule has 6 aliphatic rings. The summed E-state index contributed by atoms with van der Waals surface area (Å²) in [5, 5.41) is 41.0. The van der Waals surface area contributed by atoms with Crippen LogP contribution in [0.5, 0.6) is 0 Å². The Bertz CT molecular complexity index is 1060. The summed E-state index contributed by atoms with van der Waals surface area (Å²) in [5.74, 6) is 3.39. The fraction of sp³-hybridized carbons (Fsp3) is 0.944. The zero-order valence-electron chi connectivity index (χ0n) is 27.4. The van der Waals surface area contributed by atoms with Crippen molar-refractivity contribution in [1.29, 1.82) is 0 Å². The Morgan fingerprint density at radius 2 is 1.50 bits per heavy atom. The van der Waals surface area contributed by atoms with Crippen LogP contribution >= 0.6 is 0 Å². The molecule has 5 saturated carbocycles. The third-order valence-electron chi connectivity index (χ3n) is 15.6. The summed E-state index contributed by atoms with van der Waals surface area (Å²) in [5.41, 5.74) is 2.61. The number of fused-ring (bicyclic) bond motifs is 7. The first kappa shape index (κ1) is 31.5. The molecular weight excluding hydrogens is 528 g/mol. The summed E-state index contributed by atoms with van der Waals surface area (Å²) >= 11 is 0. The molecule has 15 atom stereocenters. The molecule has 0 aromatic heterocycles. The molecule has 0 bridgehead atoms. The molecule has 4 N–H and O–H groups in total. The van der Waals surface area contributed by atoms with E-state index in [0.29, 0.717) is 34.0 Å². The first-order chi connectivity index (χ1) is 19.5. The van der Waals surface area contributed by atoms with Gasteiger partial charge in [-0.25, -0.2) is 0 Å². The van der Waals surface area contributed by atoms with Gasteiger partial charge in [0.15, 0.2) is 6.29 Å². The molecular formula is C36H60O6. The first-order valence-electron chi connectivity index (χ1n) is 17.2. The van der Waals surface area contributed by atoms with Crippen molar-refractivity contribution in [3.8, 4) is 0 Å².